The van der Waals surface area contributed by atoms with Crippen LogP contribution in [0.1, 0.15) is 17.3 Å². The highest BCUT2D eigenvalue weighted by Crippen LogP contribution is 2.30. The van der Waals surface area contributed by atoms with Crippen molar-refractivity contribution in [3.8, 4) is 5.75 Å². The SMILES string of the molecule is C[C@H](Oc1ccc([N+](=O)[O-])cc1Cl)C(=O)c1c[nH]c2ccccc12. The lowest BCUT2D eigenvalue weighted by molar-refractivity contribution is -0.384. The van der Waals surface area contributed by atoms with Gasteiger partial charge in [-0.3, -0.25) is 14.9 Å². The molecule has 0 radical (unpaired) electrons. The number of halogens is 1. The zero-order chi connectivity index (χ0) is 17.3. The number of aromatic amines is 1. The lowest BCUT2D eigenvalue weighted by atomic mass is 10.1. The number of para-hydroxylation sites is 1. The fourth-order valence-corrected chi connectivity index (χ4v) is 2.66. The van der Waals surface area contributed by atoms with E-state index in [1.54, 1.807) is 13.1 Å². The molecule has 1 atom stereocenters. The predicted molar refractivity (Wildman–Crippen MR) is 90.8 cm³/mol. The molecule has 24 heavy (non-hydrogen) atoms. The smallest absolute Gasteiger partial charge is 0.271 e. The first-order valence-corrected chi connectivity index (χ1v) is 7.56. The minimum Gasteiger partial charge on any atom is -0.481 e. The number of ether oxygens (including phenoxy) is 1. The van der Waals surface area contributed by atoms with E-state index in [0.29, 0.717) is 5.56 Å². The molecule has 3 rings (SSSR count). The van der Waals surface area contributed by atoms with Crippen LogP contribution < -0.4 is 4.74 Å². The van der Waals surface area contributed by atoms with Crippen molar-refractivity contribution in [2.45, 2.75) is 13.0 Å². The van der Waals surface area contributed by atoms with Gasteiger partial charge in [0.1, 0.15) is 5.75 Å². The summed E-state index contributed by atoms with van der Waals surface area (Å²) in [7, 11) is 0. The minimum absolute atomic E-state index is 0.0859. The van der Waals surface area contributed by atoms with Crippen LogP contribution in [0.25, 0.3) is 10.9 Å². The van der Waals surface area contributed by atoms with Crippen LogP contribution in [0.5, 0.6) is 5.75 Å². The highest BCUT2D eigenvalue weighted by Gasteiger charge is 2.21. The highest BCUT2D eigenvalue weighted by molar-refractivity contribution is 6.32. The van der Waals surface area contributed by atoms with Crippen molar-refractivity contribution in [2.75, 3.05) is 0 Å². The van der Waals surface area contributed by atoms with Crippen molar-refractivity contribution >= 4 is 34.0 Å². The number of nitrogens with zero attached hydrogens (tertiary/aromatic N) is 1. The molecule has 0 aliphatic carbocycles. The molecule has 1 aromatic heterocycles. The zero-order valence-corrected chi connectivity index (χ0v) is 13.4. The third-order valence-electron chi connectivity index (χ3n) is 3.65. The predicted octanol–water partition coefficient (Wildman–Crippen LogP) is 4.38. The Bertz CT molecular complexity index is 935. The Balaban J connectivity index is 1.83. The number of non-ortho nitro benzene ring substituents is 1. The monoisotopic (exact) mass is 344 g/mol. The summed E-state index contributed by atoms with van der Waals surface area (Å²) < 4.78 is 5.60. The molecule has 0 spiro atoms. The summed E-state index contributed by atoms with van der Waals surface area (Å²) in [6.07, 6.45) is 0.854. The first-order chi connectivity index (χ1) is 11.5. The maximum Gasteiger partial charge on any atom is 0.271 e. The van der Waals surface area contributed by atoms with Crippen LogP contribution in [0.3, 0.4) is 0 Å². The molecule has 1 heterocycles. The topological polar surface area (TPSA) is 85.2 Å². The Kier molecular flexibility index (Phi) is 4.22. The molecule has 2 aromatic carbocycles. The van der Waals surface area contributed by atoms with Crippen molar-refractivity contribution in [3.05, 3.63) is 69.4 Å². The number of hydrogen-bond acceptors (Lipinski definition) is 4. The molecule has 0 aliphatic rings. The van der Waals surface area contributed by atoms with Gasteiger partial charge >= 0.3 is 0 Å². The number of benzene rings is 2. The van der Waals surface area contributed by atoms with Crippen LogP contribution in [0, 0.1) is 10.1 Å². The number of fused-ring (bicyclic) bond motifs is 1. The van der Waals surface area contributed by atoms with Crippen molar-refractivity contribution in [2.24, 2.45) is 0 Å². The molecule has 3 aromatic rings. The van der Waals surface area contributed by atoms with E-state index in [4.69, 9.17) is 16.3 Å². The number of nitrogens with one attached hydrogen (secondary N) is 1. The molecule has 0 aliphatic heterocycles. The van der Waals surface area contributed by atoms with Crippen LogP contribution >= 0.6 is 11.6 Å². The fourth-order valence-electron chi connectivity index (χ4n) is 2.44. The Morgan fingerprint density at radius 2 is 2.04 bits per heavy atom. The van der Waals surface area contributed by atoms with Crippen LogP contribution in [0.15, 0.2) is 48.7 Å². The molecule has 0 saturated carbocycles. The van der Waals surface area contributed by atoms with E-state index in [2.05, 4.69) is 4.98 Å². The van der Waals surface area contributed by atoms with E-state index in [9.17, 15) is 14.9 Å². The minimum atomic E-state index is -0.789. The van der Waals surface area contributed by atoms with E-state index in [1.807, 2.05) is 24.3 Å². The lowest BCUT2D eigenvalue weighted by Crippen LogP contribution is -2.23. The van der Waals surface area contributed by atoms with E-state index in [1.165, 1.54) is 18.2 Å². The van der Waals surface area contributed by atoms with Crippen LogP contribution in [0.2, 0.25) is 5.02 Å². The number of carbonyl (C=O) groups excluding carboxylic acids is 1. The van der Waals surface area contributed by atoms with Gasteiger partial charge in [0.15, 0.2) is 6.10 Å². The summed E-state index contributed by atoms with van der Waals surface area (Å²) in [5.41, 5.74) is 1.25. The van der Waals surface area contributed by atoms with Crippen molar-refractivity contribution in [1.82, 2.24) is 4.98 Å². The van der Waals surface area contributed by atoms with Gasteiger partial charge in [0.05, 0.1) is 9.95 Å². The normalized spacial score (nSPS) is 12.1. The first kappa shape index (κ1) is 16.0. The number of nitro groups is 1. The van der Waals surface area contributed by atoms with Crippen LogP contribution in [-0.2, 0) is 0 Å². The van der Waals surface area contributed by atoms with E-state index < -0.39 is 11.0 Å². The first-order valence-electron chi connectivity index (χ1n) is 7.18. The van der Waals surface area contributed by atoms with Crippen molar-refractivity contribution < 1.29 is 14.5 Å². The maximum atomic E-state index is 12.6. The molecule has 6 nitrogen and oxygen atoms in total. The second-order valence-corrected chi connectivity index (χ2v) is 5.65. The van der Waals surface area contributed by atoms with E-state index in [-0.39, 0.29) is 22.2 Å². The molecule has 7 heteroatoms. The van der Waals surface area contributed by atoms with Gasteiger partial charge in [-0.05, 0) is 19.1 Å². The van der Waals surface area contributed by atoms with Gasteiger partial charge in [0.25, 0.3) is 5.69 Å². The molecular weight excluding hydrogens is 332 g/mol. The van der Waals surface area contributed by atoms with Gasteiger partial charge in [-0.15, -0.1) is 0 Å². The van der Waals surface area contributed by atoms with Gasteiger partial charge in [-0.1, -0.05) is 29.8 Å². The van der Waals surface area contributed by atoms with Crippen molar-refractivity contribution in [3.63, 3.8) is 0 Å². The van der Waals surface area contributed by atoms with Gasteiger partial charge in [0, 0.05) is 34.8 Å². The Labute approximate surface area is 142 Å². The Morgan fingerprint density at radius 3 is 2.75 bits per heavy atom. The molecule has 1 N–H and O–H groups in total. The number of hydrogen-bond donors (Lipinski definition) is 1. The van der Waals surface area contributed by atoms with E-state index in [0.717, 1.165) is 10.9 Å². The standard InChI is InChI=1S/C17H13ClN2O4/c1-10(24-16-7-6-11(20(22)23)8-14(16)18)17(21)13-9-19-15-5-3-2-4-12(13)15/h2-10,19H,1H3/t10-/m0/s1. The summed E-state index contributed by atoms with van der Waals surface area (Å²) in [5, 5.41) is 11.6. The molecule has 0 saturated heterocycles. The molecular formula is C17H13ClN2O4. The summed E-state index contributed by atoms with van der Waals surface area (Å²) in [5.74, 6) is 0.0184. The van der Waals surface area contributed by atoms with E-state index >= 15 is 0 Å². The summed E-state index contributed by atoms with van der Waals surface area (Å²) >= 11 is 6.00. The van der Waals surface area contributed by atoms with Gasteiger partial charge in [0.2, 0.25) is 5.78 Å². The number of carbonyl (C=O) groups is 1. The third-order valence-corrected chi connectivity index (χ3v) is 3.95. The molecule has 122 valence electrons. The Morgan fingerprint density at radius 1 is 1.29 bits per heavy atom. The third kappa shape index (κ3) is 2.96. The number of nitro benzene ring substituents is 1. The average Bonchev–Trinajstić information content (AvgIpc) is 2.99. The maximum absolute atomic E-state index is 12.6. The number of Topliss-reactive ketones (excluding diaryl/α,β-unsaturated/α-hetero) is 1. The molecule has 0 unspecified atom stereocenters. The average molecular weight is 345 g/mol. The number of rotatable bonds is 5. The highest BCUT2D eigenvalue weighted by atomic mass is 35.5. The van der Waals surface area contributed by atoms with Gasteiger partial charge < -0.3 is 9.72 Å². The lowest BCUT2D eigenvalue weighted by Gasteiger charge is -2.14. The van der Waals surface area contributed by atoms with Gasteiger partial charge in [-0.2, -0.15) is 0 Å². The summed E-state index contributed by atoms with van der Waals surface area (Å²) in [4.78, 5) is 25.8. The molecule has 0 fully saturated rings. The summed E-state index contributed by atoms with van der Waals surface area (Å²) in [6.45, 7) is 1.61. The second-order valence-electron chi connectivity index (χ2n) is 5.24. The summed E-state index contributed by atoms with van der Waals surface area (Å²) in [6, 6.07) is 11.3. The quantitative estimate of drug-likeness (QED) is 0.423. The van der Waals surface area contributed by atoms with Crippen molar-refractivity contribution in [1.29, 1.82) is 0 Å². The second kappa shape index (κ2) is 6.33. The number of aromatic nitrogens is 1. The zero-order valence-electron chi connectivity index (χ0n) is 12.7. The fraction of sp³-hybridized carbons (Fsp3) is 0.118. The van der Waals surface area contributed by atoms with Crippen LogP contribution in [0.4, 0.5) is 5.69 Å². The number of H-pyrrole nitrogens is 1. The molecule has 0 bridgehead atoms. The van der Waals surface area contributed by atoms with Crippen LogP contribution in [-0.4, -0.2) is 21.8 Å². The van der Waals surface area contributed by atoms with Gasteiger partial charge in [-0.25, -0.2) is 0 Å². The largest absolute Gasteiger partial charge is 0.481 e. The number of ketones is 1. The molecule has 0 amide bonds. The Hall–Kier alpha value is -2.86.